The first-order valence-electron chi connectivity index (χ1n) is 7.30. The zero-order valence-corrected chi connectivity index (χ0v) is 11.8. The summed E-state index contributed by atoms with van der Waals surface area (Å²) in [6.45, 7) is 0.553. The van der Waals surface area contributed by atoms with Crippen molar-refractivity contribution in [2.45, 2.75) is 50.5 Å². The molecule has 2 saturated heterocycles. The Kier molecular flexibility index (Phi) is 3.52. The van der Waals surface area contributed by atoms with Crippen molar-refractivity contribution in [2.75, 3.05) is 7.05 Å². The molecule has 4 nitrogen and oxygen atoms in total. The van der Waals surface area contributed by atoms with E-state index in [9.17, 15) is 4.79 Å². The van der Waals surface area contributed by atoms with Crippen molar-refractivity contribution in [3.05, 3.63) is 35.4 Å². The van der Waals surface area contributed by atoms with Gasteiger partial charge < -0.3 is 9.84 Å². The quantitative estimate of drug-likeness (QED) is 0.918. The number of hydrogen-bond donors (Lipinski definition) is 1. The molecule has 4 heteroatoms. The summed E-state index contributed by atoms with van der Waals surface area (Å²) >= 11 is 0. The van der Waals surface area contributed by atoms with E-state index >= 15 is 0 Å². The Hall–Kier alpha value is -1.39. The number of benzene rings is 1. The third-order valence-electron chi connectivity index (χ3n) is 4.87. The summed E-state index contributed by atoms with van der Waals surface area (Å²) < 4.78 is 6.24. The first-order valence-corrected chi connectivity index (χ1v) is 7.30. The third kappa shape index (κ3) is 2.34. The maximum absolute atomic E-state index is 10.8. The number of piperidine rings is 1. The van der Waals surface area contributed by atoms with Crippen LogP contribution in [0.5, 0.6) is 0 Å². The minimum Gasteiger partial charge on any atom is -0.478 e. The number of carbonyl (C=O) groups is 1. The standard InChI is InChI=1S/C16H21NO3/c1-17-14-3-2-9-16(17,10-8-14)20-11-12-4-6-13(7-5-12)15(18)19/h4-7,14H,2-3,8-11H2,1H3,(H,18,19). The predicted octanol–water partition coefficient (Wildman–Crippen LogP) is 2.88. The van der Waals surface area contributed by atoms with E-state index < -0.39 is 5.97 Å². The second-order valence-electron chi connectivity index (χ2n) is 5.93. The Bertz CT molecular complexity index is 495. The SMILES string of the molecule is CN1C2CCCC1(OCc1ccc(C(=O)O)cc1)CC2. The van der Waals surface area contributed by atoms with E-state index in [1.807, 2.05) is 12.1 Å². The van der Waals surface area contributed by atoms with Crippen LogP contribution in [0.3, 0.4) is 0 Å². The van der Waals surface area contributed by atoms with Crippen LogP contribution in [0, 0.1) is 0 Å². The number of nitrogens with zero attached hydrogens (tertiary/aromatic N) is 1. The fourth-order valence-corrected chi connectivity index (χ4v) is 3.56. The van der Waals surface area contributed by atoms with E-state index in [0.717, 1.165) is 18.4 Å². The lowest BCUT2D eigenvalue weighted by Gasteiger charge is -2.42. The molecule has 20 heavy (non-hydrogen) atoms. The Balaban J connectivity index is 1.65. The molecule has 2 fully saturated rings. The highest BCUT2D eigenvalue weighted by molar-refractivity contribution is 5.87. The molecule has 0 aliphatic carbocycles. The number of hydrogen-bond acceptors (Lipinski definition) is 3. The van der Waals surface area contributed by atoms with Gasteiger partial charge >= 0.3 is 5.97 Å². The smallest absolute Gasteiger partial charge is 0.335 e. The molecule has 0 spiro atoms. The van der Waals surface area contributed by atoms with Crippen molar-refractivity contribution in [2.24, 2.45) is 0 Å². The molecular weight excluding hydrogens is 254 g/mol. The van der Waals surface area contributed by atoms with Crippen LogP contribution in [0.2, 0.25) is 0 Å². The fourth-order valence-electron chi connectivity index (χ4n) is 3.56. The summed E-state index contributed by atoms with van der Waals surface area (Å²) in [5.41, 5.74) is 1.27. The van der Waals surface area contributed by atoms with Crippen LogP contribution in [0.4, 0.5) is 0 Å². The molecule has 2 bridgehead atoms. The van der Waals surface area contributed by atoms with Crippen LogP contribution in [0.25, 0.3) is 0 Å². The normalized spacial score (nSPS) is 29.6. The Morgan fingerprint density at radius 1 is 1.35 bits per heavy atom. The number of rotatable bonds is 4. The molecular formula is C16H21NO3. The number of ether oxygens (including phenoxy) is 1. The number of carboxylic acids is 1. The van der Waals surface area contributed by atoms with E-state index in [0.29, 0.717) is 18.2 Å². The monoisotopic (exact) mass is 275 g/mol. The van der Waals surface area contributed by atoms with Crippen LogP contribution in [0.15, 0.2) is 24.3 Å². The topological polar surface area (TPSA) is 49.8 Å². The molecule has 0 saturated carbocycles. The summed E-state index contributed by atoms with van der Waals surface area (Å²) in [5, 5.41) is 8.89. The highest BCUT2D eigenvalue weighted by atomic mass is 16.5. The van der Waals surface area contributed by atoms with Gasteiger partial charge in [-0.15, -0.1) is 0 Å². The molecule has 2 atom stereocenters. The molecule has 0 aromatic heterocycles. The van der Waals surface area contributed by atoms with Gasteiger partial charge in [-0.1, -0.05) is 12.1 Å². The van der Waals surface area contributed by atoms with Crippen LogP contribution < -0.4 is 0 Å². The molecule has 2 heterocycles. The summed E-state index contributed by atoms with van der Waals surface area (Å²) in [6.07, 6.45) is 5.98. The molecule has 1 aromatic carbocycles. The molecule has 2 aliphatic heterocycles. The first-order chi connectivity index (χ1) is 9.61. The van der Waals surface area contributed by atoms with Crippen LogP contribution in [0.1, 0.15) is 48.0 Å². The van der Waals surface area contributed by atoms with E-state index in [2.05, 4.69) is 11.9 Å². The van der Waals surface area contributed by atoms with Crippen molar-refractivity contribution in [3.8, 4) is 0 Å². The maximum Gasteiger partial charge on any atom is 0.335 e. The van der Waals surface area contributed by atoms with Crippen molar-refractivity contribution < 1.29 is 14.6 Å². The van der Waals surface area contributed by atoms with Gasteiger partial charge in [0.05, 0.1) is 12.2 Å². The van der Waals surface area contributed by atoms with Gasteiger partial charge in [-0.05, 0) is 56.8 Å². The zero-order chi connectivity index (χ0) is 14.2. The lowest BCUT2D eigenvalue weighted by atomic mass is 10.0. The van der Waals surface area contributed by atoms with Gasteiger partial charge in [0.25, 0.3) is 0 Å². The molecule has 3 rings (SSSR count). The average molecular weight is 275 g/mol. The number of aromatic carboxylic acids is 1. The Morgan fingerprint density at radius 3 is 2.80 bits per heavy atom. The lowest BCUT2D eigenvalue weighted by molar-refractivity contribution is -0.161. The van der Waals surface area contributed by atoms with Crippen molar-refractivity contribution in [1.29, 1.82) is 0 Å². The molecule has 2 unspecified atom stereocenters. The Morgan fingerprint density at radius 2 is 2.10 bits per heavy atom. The maximum atomic E-state index is 10.8. The molecule has 2 aliphatic rings. The molecule has 108 valence electrons. The van der Waals surface area contributed by atoms with Gasteiger partial charge in [-0.3, -0.25) is 4.90 Å². The van der Waals surface area contributed by atoms with Gasteiger partial charge in [-0.2, -0.15) is 0 Å². The minimum absolute atomic E-state index is 0.0889. The highest BCUT2D eigenvalue weighted by Crippen LogP contribution is 2.44. The predicted molar refractivity (Wildman–Crippen MR) is 75.6 cm³/mol. The van der Waals surface area contributed by atoms with E-state index in [1.165, 1.54) is 19.3 Å². The zero-order valence-electron chi connectivity index (χ0n) is 11.8. The first kappa shape index (κ1) is 13.6. The van der Waals surface area contributed by atoms with Crippen LogP contribution in [-0.4, -0.2) is 34.8 Å². The van der Waals surface area contributed by atoms with Gasteiger partial charge in [0.1, 0.15) is 5.72 Å². The van der Waals surface area contributed by atoms with Crippen LogP contribution >= 0.6 is 0 Å². The summed E-state index contributed by atoms with van der Waals surface area (Å²) in [5.74, 6) is -0.887. The highest BCUT2D eigenvalue weighted by Gasteiger charge is 2.47. The molecule has 1 aromatic rings. The second-order valence-corrected chi connectivity index (χ2v) is 5.93. The van der Waals surface area contributed by atoms with Gasteiger partial charge in [0.15, 0.2) is 0 Å². The fraction of sp³-hybridized carbons (Fsp3) is 0.562. The number of fused-ring (bicyclic) bond motifs is 2. The summed E-state index contributed by atoms with van der Waals surface area (Å²) in [6, 6.07) is 7.64. The van der Waals surface area contributed by atoms with Crippen LogP contribution in [-0.2, 0) is 11.3 Å². The number of carboxylic acid groups (broad SMARTS) is 1. The summed E-state index contributed by atoms with van der Waals surface area (Å²) in [4.78, 5) is 13.2. The Labute approximate surface area is 119 Å². The van der Waals surface area contributed by atoms with Crippen molar-refractivity contribution >= 4 is 5.97 Å². The van der Waals surface area contributed by atoms with Gasteiger partial charge in [-0.25, -0.2) is 4.79 Å². The minimum atomic E-state index is -0.887. The largest absolute Gasteiger partial charge is 0.478 e. The van der Waals surface area contributed by atoms with Gasteiger partial charge in [0, 0.05) is 6.04 Å². The molecule has 1 N–H and O–H groups in total. The lowest BCUT2D eigenvalue weighted by Crippen LogP contribution is -2.49. The van der Waals surface area contributed by atoms with Crippen molar-refractivity contribution in [1.82, 2.24) is 4.90 Å². The van der Waals surface area contributed by atoms with E-state index in [4.69, 9.17) is 9.84 Å². The third-order valence-corrected chi connectivity index (χ3v) is 4.87. The van der Waals surface area contributed by atoms with Crippen molar-refractivity contribution in [3.63, 3.8) is 0 Å². The second kappa shape index (κ2) is 5.19. The average Bonchev–Trinajstić information content (AvgIpc) is 2.65. The van der Waals surface area contributed by atoms with E-state index in [1.54, 1.807) is 12.1 Å². The van der Waals surface area contributed by atoms with Gasteiger partial charge in [0.2, 0.25) is 0 Å². The molecule has 0 amide bonds. The van der Waals surface area contributed by atoms with E-state index in [-0.39, 0.29) is 5.72 Å². The summed E-state index contributed by atoms with van der Waals surface area (Å²) in [7, 11) is 2.17. The molecule has 0 radical (unpaired) electrons.